The van der Waals surface area contributed by atoms with Gasteiger partial charge in [0.05, 0.1) is 5.69 Å². The van der Waals surface area contributed by atoms with Crippen LogP contribution in [0.15, 0.2) is 30.3 Å². The molecule has 1 heterocycles. The first kappa shape index (κ1) is 14.0. The Morgan fingerprint density at radius 2 is 2.10 bits per heavy atom. The van der Waals surface area contributed by atoms with E-state index in [1.807, 2.05) is 0 Å². The number of anilines is 1. The maximum Gasteiger partial charge on any atom is 0.387 e. The minimum atomic E-state index is -2.95. The summed E-state index contributed by atoms with van der Waals surface area (Å²) in [5, 5.41) is 6.51. The lowest BCUT2D eigenvalue weighted by atomic mass is 10.2. The first-order chi connectivity index (χ1) is 9.47. The van der Waals surface area contributed by atoms with Crippen molar-refractivity contribution in [1.29, 1.82) is 0 Å². The predicted octanol–water partition coefficient (Wildman–Crippen LogP) is 2.58. The largest absolute Gasteiger partial charge is 0.433 e. The third-order valence-corrected chi connectivity index (χ3v) is 2.70. The summed E-state index contributed by atoms with van der Waals surface area (Å²) >= 11 is 0. The number of aromatic nitrogens is 2. The van der Waals surface area contributed by atoms with Crippen LogP contribution in [0.3, 0.4) is 0 Å². The van der Waals surface area contributed by atoms with E-state index in [-0.39, 0.29) is 17.1 Å². The molecule has 0 radical (unpaired) electrons. The molecule has 2 aromatic rings. The van der Waals surface area contributed by atoms with Crippen LogP contribution in [-0.4, -0.2) is 22.3 Å². The molecule has 0 bridgehead atoms. The molecule has 5 nitrogen and oxygen atoms in total. The van der Waals surface area contributed by atoms with E-state index in [4.69, 9.17) is 0 Å². The van der Waals surface area contributed by atoms with Crippen molar-refractivity contribution in [3.05, 3.63) is 41.7 Å². The molecular weight excluding hydrogens is 268 g/mol. The molecule has 0 aliphatic heterocycles. The third kappa shape index (κ3) is 3.11. The van der Waals surface area contributed by atoms with Crippen LogP contribution in [0.25, 0.3) is 0 Å². The molecule has 0 aliphatic rings. The fourth-order valence-corrected chi connectivity index (χ4v) is 1.63. The highest BCUT2D eigenvalue weighted by molar-refractivity contribution is 6.03. The quantitative estimate of drug-likeness (QED) is 0.937. The number of alkyl halides is 2. The van der Waals surface area contributed by atoms with Crippen molar-refractivity contribution in [2.45, 2.75) is 13.5 Å². The number of carbonyl (C=O) groups excluding carboxylic acids is 1. The van der Waals surface area contributed by atoms with Crippen molar-refractivity contribution in [2.24, 2.45) is 7.05 Å². The van der Waals surface area contributed by atoms with E-state index >= 15 is 0 Å². The highest BCUT2D eigenvalue weighted by Gasteiger charge is 2.15. The molecule has 20 heavy (non-hydrogen) atoms. The van der Waals surface area contributed by atoms with Gasteiger partial charge < -0.3 is 10.1 Å². The SMILES string of the molecule is Cc1cc(C(=O)Nc2ccccc2OC(F)F)nn1C. The van der Waals surface area contributed by atoms with Crippen molar-refractivity contribution in [3.63, 3.8) is 0 Å². The monoisotopic (exact) mass is 281 g/mol. The zero-order valence-corrected chi connectivity index (χ0v) is 10.9. The van der Waals surface area contributed by atoms with Gasteiger partial charge in [0.2, 0.25) is 0 Å². The smallest absolute Gasteiger partial charge is 0.387 e. The van der Waals surface area contributed by atoms with Crippen molar-refractivity contribution < 1.29 is 18.3 Å². The normalized spacial score (nSPS) is 10.7. The number of para-hydroxylation sites is 2. The zero-order valence-electron chi connectivity index (χ0n) is 10.9. The summed E-state index contributed by atoms with van der Waals surface area (Å²) in [4.78, 5) is 12.0. The lowest BCUT2D eigenvalue weighted by Gasteiger charge is -2.10. The molecule has 0 atom stereocenters. The van der Waals surface area contributed by atoms with E-state index in [9.17, 15) is 13.6 Å². The van der Waals surface area contributed by atoms with Crippen LogP contribution in [0.1, 0.15) is 16.2 Å². The lowest BCUT2D eigenvalue weighted by Crippen LogP contribution is -2.14. The number of aryl methyl sites for hydroxylation is 2. The molecule has 7 heteroatoms. The van der Waals surface area contributed by atoms with Crippen molar-refractivity contribution in [1.82, 2.24) is 9.78 Å². The molecule has 0 saturated heterocycles. The Kier molecular flexibility index (Phi) is 3.97. The zero-order chi connectivity index (χ0) is 14.7. The Bertz CT molecular complexity index is 606. The second-order valence-corrected chi connectivity index (χ2v) is 4.12. The molecule has 1 amide bonds. The summed E-state index contributed by atoms with van der Waals surface area (Å²) in [7, 11) is 1.71. The van der Waals surface area contributed by atoms with Crippen molar-refractivity contribution >= 4 is 11.6 Å². The second-order valence-electron chi connectivity index (χ2n) is 4.12. The summed E-state index contributed by atoms with van der Waals surface area (Å²) < 4.78 is 30.4. The molecule has 0 unspecified atom stereocenters. The Hall–Kier alpha value is -2.44. The summed E-state index contributed by atoms with van der Waals surface area (Å²) in [6, 6.07) is 7.58. The summed E-state index contributed by atoms with van der Waals surface area (Å²) in [6.45, 7) is -1.15. The van der Waals surface area contributed by atoms with Gasteiger partial charge in [-0.25, -0.2) is 0 Å². The number of ether oxygens (including phenoxy) is 1. The first-order valence-corrected chi connectivity index (χ1v) is 5.83. The third-order valence-electron chi connectivity index (χ3n) is 2.70. The molecule has 0 saturated carbocycles. The standard InChI is InChI=1S/C13H13F2N3O2/c1-8-7-10(17-18(8)2)12(19)16-9-5-3-4-6-11(9)20-13(14)15/h3-7,13H,1-2H3,(H,16,19). The number of hydrogen-bond acceptors (Lipinski definition) is 3. The van der Waals surface area contributed by atoms with Gasteiger partial charge in [0.25, 0.3) is 5.91 Å². The summed E-state index contributed by atoms with van der Waals surface area (Å²) in [6.07, 6.45) is 0. The number of carbonyl (C=O) groups is 1. The van der Waals surface area contributed by atoms with Gasteiger partial charge in [0, 0.05) is 12.7 Å². The Labute approximate surface area is 114 Å². The number of nitrogens with one attached hydrogen (secondary N) is 1. The van der Waals surface area contributed by atoms with E-state index < -0.39 is 12.5 Å². The number of benzene rings is 1. The fourth-order valence-electron chi connectivity index (χ4n) is 1.63. The van der Waals surface area contributed by atoms with Gasteiger partial charge in [-0.3, -0.25) is 9.48 Å². The molecule has 1 aromatic heterocycles. The number of nitrogens with zero attached hydrogens (tertiary/aromatic N) is 2. The first-order valence-electron chi connectivity index (χ1n) is 5.83. The van der Waals surface area contributed by atoms with E-state index in [2.05, 4.69) is 15.2 Å². The van der Waals surface area contributed by atoms with Crippen LogP contribution in [0.2, 0.25) is 0 Å². The van der Waals surface area contributed by atoms with Gasteiger partial charge in [0.1, 0.15) is 5.75 Å². The summed E-state index contributed by atoms with van der Waals surface area (Å²) in [5.41, 5.74) is 1.19. The van der Waals surface area contributed by atoms with Crippen LogP contribution in [0.4, 0.5) is 14.5 Å². The number of rotatable bonds is 4. The highest BCUT2D eigenvalue weighted by Crippen LogP contribution is 2.25. The van der Waals surface area contributed by atoms with Gasteiger partial charge in [0.15, 0.2) is 5.69 Å². The van der Waals surface area contributed by atoms with Crippen molar-refractivity contribution in [3.8, 4) is 5.75 Å². The van der Waals surface area contributed by atoms with Gasteiger partial charge in [-0.1, -0.05) is 12.1 Å². The molecule has 0 fully saturated rings. The molecule has 106 valence electrons. The van der Waals surface area contributed by atoms with E-state index in [1.54, 1.807) is 30.8 Å². The van der Waals surface area contributed by atoms with Gasteiger partial charge in [-0.2, -0.15) is 13.9 Å². The summed E-state index contributed by atoms with van der Waals surface area (Å²) in [5.74, 6) is -0.581. The van der Waals surface area contributed by atoms with E-state index in [1.165, 1.54) is 18.2 Å². The maximum atomic E-state index is 12.3. The Balaban J connectivity index is 2.19. The van der Waals surface area contributed by atoms with Crippen LogP contribution in [0.5, 0.6) is 5.75 Å². The Morgan fingerprint density at radius 1 is 1.40 bits per heavy atom. The number of halogens is 2. The van der Waals surface area contributed by atoms with Gasteiger partial charge in [-0.15, -0.1) is 0 Å². The van der Waals surface area contributed by atoms with Crippen molar-refractivity contribution in [2.75, 3.05) is 5.32 Å². The lowest BCUT2D eigenvalue weighted by molar-refractivity contribution is -0.0493. The van der Waals surface area contributed by atoms with Gasteiger partial charge >= 0.3 is 6.61 Å². The predicted molar refractivity (Wildman–Crippen MR) is 69.0 cm³/mol. The maximum absolute atomic E-state index is 12.3. The fraction of sp³-hybridized carbons (Fsp3) is 0.231. The van der Waals surface area contributed by atoms with Crippen LogP contribution in [0, 0.1) is 6.92 Å². The molecule has 0 aliphatic carbocycles. The van der Waals surface area contributed by atoms with Crippen LogP contribution >= 0.6 is 0 Å². The van der Waals surface area contributed by atoms with E-state index in [0.29, 0.717) is 0 Å². The molecule has 1 N–H and O–H groups in total. The van der Waals surface area contributed by atoms with Crippen LogP contribution < -0.4 is 10.1 Å². The van der Waals surface area contributed by atoms with E-state index in [0.717, 1.165) is 5.69 Å². The minimum Gasteiger partial charge on any atom is -0.433 e. The molecule has 0 spiro atoms. The molecular formula is C13H13F2N3O2. The minimum absolute atomic E-state index is 0.0940. The molecule has 1 aromatic carbocycles. The average Bonchev–Trinajstić information content (AvgIpc) is 2.71. The second kappa shape index (κ2) is 5.68. The number of amides is 1. The average molecular weight is 281 g/mol. The van der Waals surface area contributed by atoms with Gasteiger partial charge in [-0.05, 0) is 25.1 Å². The topological polar surface area (TPSA) is 56.1 Å². The molecule has 2 rings (SSSR count). The Morgan fingerprint density at radius 3 is 2.70 bits per heavy atom. The highest BCUT2D eigenvalue weighted by atomic mass is 19.3. The number of hydrogen-bond donors (Lipinski definition) is 1. The van der Waals surface area contributed by atoms with Crippen LogP contribution in [-0.2, 0) is 7.05 Å².